The van der Waals surface area contributed by atoms with Crippen molar-refractivity contribution in [2.45, 2.75) is 0 Å². The quantitative estimate of drug-likeness (QED) is 0.588. The van der Waals surface area contributed by atoms with Gasteiger partial charge in [-0.2, -0.15) is 0 Å². The van der Waals surface area contributed by atoms with Crippen LogP contribution in [0.25, 0.3) is 0 Å². The summed E-state index contributed by atoms with van der Waals surface area (Å²) in [6.07, 6.45) is 0. The first kappa shape index (κ1) is 8.19. The molecule has 54 valence electrons. The molecule has 2 nitrogen and oxygen atoms in total. The highest BCUT2D eigenvalue weighted by Gasteiger charge is 2.03. The molecule has 0 saturated heterocycles. The molecule has 1 rings (SSSR count). The SMILES string of the molecule is Nc1nc(Br)c(I)cc1F. The number of anilines is 1. The molecule has 0 amide bonds. The van der Waals surface area contributed by atoms with Crippen LogP contribution in [0.5, 0.6) is 0 Å². The molecule has 10 heavy (non-hydrogen) atoms. The highest BCUT2D eigenvalue weighted by molar-refractivity contribution is 14.1. The van der Waals surface area contributed by atoms with Gasteiger partial charge in [0, 0.05) is 3.57 Å². The van der Waals surface area contributed by atoms with Gasteiger partial charge in [0.15, 0.2) is 11.6 Å². The lowest BCUT2D eigenvalue weighted by Gasteiger charge is -1.97. The van der Waals surface area contributed by atoms with Gasteiger partial charge >= 0.3 is 0 Å². The maximum atomic E-state index is 12.5. The van der Waals surface area contributed by atoms with Crippen molar-refractivity contribution < 1.29 is 4.39 Å². The highest BCUT2D eigenvalue weighted by atomic mass is 127. The number of hydrogen-bond donors (Lipinski definition) is 1. The van der Waals surface area contributed by atoms with Gasteiger partial charge in [0.05, 0.1) is 0 Å². The van der Waals surface area contributed by atoms with E-state index >= 15 is 0 Å². The molecule has 0 saturated carbocycles. The third-order valence-corrected chi connectivity index (χ3v) is 3.08. The molecule has 0 aliphatic carbocycles. The lowest BCUT2D eigenvalue weighted by molar-refractivity contribution is 0.625. The van der Waals surface area contributed by atoms with Gasteiger partial charge in [-0.3, -0.25) is 0 Å². The number of aromatic nitrogens is 1. The smallest absolute Gasteiger partial charge is 0.166 e. The van der Waals surface area contributed by atoms with Crippen LogP contribution in [0.4, 0.5) is 10.2 Å². The average Bonchev–Trinajstić information content (AvgIpc) is 1.84. The zero-order valence-corrected chi connectivity index (χ0v) is 8.48. The van der Waals surface area contributed by atoms with Crippen LogP contribution in [0, 0.1) is 9.39 Å². The molecule has 0 aliphatic rings. The second-order valence-corrected chi connectivity index (χ2v) is 3.54. The summed E-state index contributed by atoms with van der Waals surface area (Å²) < 4.78 is 13.8. The number of rotatable bonds is 0. The maximum Gasteiger partial charge on any atom is 0.166 e. The minimum absolute atomic E-state index is 0.0766. The average molecular weight is 317 g/mol. The largest absolute Gasteiger partial charge is 0.381 e. The Balaban J connectivity index is 3.28. The van der Waals surface area contributed by atoms with Crippen molar-refractivity contribution in [3.63, 3.8) is 0 Å². The topological polar surface area (TPSA) is 38.9 Å². The first-order valence-electron chi connectivity index (χ1n) is 2.38. The molecule has 0 radical (unpaired) electrons. The summed E-state index contributed by atoms with van der Waals surface area (Å²) in [6.45, 7) is 0. The van der Waals surface area contributed by atoms with E-state index in [-0.39, 0.29) is 5.82 Å². The normalized spacial score (nSPS) is 9.90. The van der Waals surface area contributed by atoms with E-state index < -0.39 is 5.82 Å². The van der Waals surface area contributed by atoms with E-state index in [0.29, 0.717) is 8.17 Å². The number of nitrogens with zero attached hydrogens (tertiary/aromatic N) is 1. The molecular weight excluding hydrogens is 314 g/mol. The Labute approximate surface area is 79.3 Å². The van der Waals surface area contributed by atoms with Crippen molar-refractivity contribution in [2.75, 3.05) is 5.73 Å². The summed E-state index contributed by atoms with van der Waals surface area (Å²) in [5.41, 5.74) is 5.17. The minimum Gasteiger partial charge on any atom is -0.381 e. The van der Waals surface area contributed by atoms with E-state index in [4.69, 9.17) is 5.73 Å². The lowest BCUT2D eigenvalue weighted by Crippen LogP contribution is -1.96. The molecule has 0 unspecified atom stereocenters. The van der Waals surface area contributed by atoms with Crippen LogP contribution >= 0.6 is 38.5 Å². The third kappa shape index (κ3) is 1.57. The van der Waals surface area contributed by atoms with Gasteiger partial charge in [0.25, 0.3) is 0 Å². The molecule has 0 bridgehead atoms. The van der Waals surface area contributed by atoms with Crippen LogP contribution in [-0.2, 0) is 0 Å². The number of hydrogen-bond acceptors (Lipinski definition) is 2. The van der Waals surface area contributed by atoms with Crippen molar-refractivity contribution in [2.24, 2.45) is 0 Å². The van der Waals surface area contributed by atoms with Crippen molar-refractivity contribution in [1.82, 2.24) is 4.98 Å². The Morgan fingerprint density at radius 1 is 1.70 bits per heavy atom. The third-order valence-electron chi connectivity index (χ3n) is 0.914. The van der Waals surface area contributed by atoms with E-state index in [1.807, 2.05) is 22.6 Å². The van der Waals surface area contributed by atoms with Gasteiger partial charge < -0.3 is 5.73 Å². The second-order valence-electron chi connectivity index (χ2n) is 1.63. The van der Waals surface area contributed by atoms with Crippen molar-refractivity contribution in [3.05, 3.63) is 20.1 Å². The Morgan fingerprint density at radius 3 is 2.80 bits per heavy atom. The molecular formula is C5H3BrFIN2. The number of nitrogen functional groups attached to an aromatic ring is 1. The molecule has 5 heteroatoms. The molecule has 2 N–H and O–H groups in total. The van der Waals surface area contributed by atoms with E-state index in [1.54, 1.807) is 0 Å². The van der Waals surface area contributed by atoms with Crippen LogP contribution < -0.4 is 5.73 Å². The fraction of sp³-hybridized carbons (Fsp3) is 0. The van der Waals surface area contributed by atoms with Crippen molar-refractivity contribution in [1.29, 1.82) is 0 Å². The Bertz CT molecular complexity index is 216. The van der Waals surface area contributed by atoms with Gasteiger partial charge in [0.2, 0.25) is 0 Å². The molecule has 0 fully saturated rings. The van der Waals surface area contributed by atoms with E-state index in [9.17, 15) is 4.39 Å². The number of halogens is 3. The number of nitrogens with two attached hydrogens (primary N) is 1. The molecule has 0 aliphatic heterocycles. The molecule has 0 aromatic carbocycles. The summed E-state index contributed by atoms with van der Waals surface area (Å²) in [4.78, 5) is 3.68. The second kappa shape index (κ2) is 3.00. The number of pyridine rings is 1. The summed E-state index contributed by atoms with van der Waals surface area (Å²) in [7, 11) is 0. The molecule has 0 atom stereocenters. The monoisotopic (exact) mass is 316 g/mol. The first-order valence-corrected chi connectivity index (χ1v) is 4.25. The molecule has 1 aromatic rings. The lowest BCUT2D eigenvalue weighted by atomic mass is 10.4. The van der Waals surface area contributed by atoms with Crippen LogP contribution in [-0.4, -0.2) is 4.98 Å². The van der Waals surface area contributed by atoms with E-state index in [0.717, 1.165) is 0 Å². The fourth-order valence-corrected chi connectivity index (χ4v) is 1.16. The predicted molar refractivity (Wildman–Crippen MR) is 49.0 cm³/mol. The molecule has 0 spiro atoms. The molecule has 1 heterocycles. The first-order chi connectivity index (χ1) is 4.61. The summed E-state index contributed by atoms with van der Waals surface area (Å²) in [5.74, 6) is -0.556. The standard InChI is InChI=1S/C5H3BrFIN2/c6-4-3(8)1-2(7)5(9)10-4/h1H,(H2,9,10). The Morgan fingerprint density at radius 2 is 2.30 bits per heavy atom. The summed E-state index contributed by atoms with van der Waals surface area (Å²) in [5, 5.41) is 0. The van der Waals surface area contributed by atoms with Gasteiger partial charge in [-0.05, 0) is 44.6 Å². The van der Waals surface area contributed by atoms with Crippen molar-refractivity contribution >= 4 is 44.3 Å². The van der Waals surface area contributed by atoms with Crippen LogP contribution in [0.3, 0.4) is 0 Å². The Hall–Kier alpha value is 0.0900. The van der Waals surface area contributed by atoms with Gasteiger partial charge in [-0.15, -0.1) is 0 Å². The summed E-state index contributed by atoms with van der Waals surface area (Å²) in [6, 6.07) is 1.33. The van der Waals surface area contributed by atoms with Crippen LogP contribution in [0.2, 0.25) is 0 Å². The summed E-state index contributed by atoms with van der Waals surface area (Å²) >= 11 is 5.08. The van der Waals surface area contributed by atoms with Gasteiger partial charge in [-0.25, -0.2) is 9.37 Å². The molecule has 1 aromatic heterocycles. The Kier molecular flexibility index (Phi) is 2.45. The maximum absolute atomic E-state index is 12.5. The van der Waals surface area contributed by atoms with Crippen LogP contribution in [0.15, 0.2) is 10.7 Å². The van der Waals surface area contributed by atoms with E-state index in [1.165, 1.54) is 6.07 Å². The van der Waals surface area contributed by atoms with Crippen LogP contribution in [0.1, 0.15) is 0 Å². The zero-order valence-electron chi connectivity index (χ0n) is 4.74. The highest BCUT2D eigenvalue weighted by Crippen LogP contribution is 2.19. The van der Waals surface area contributed by atoms with Crippen molar-refractivity contribution in [3.8, 4) is 0 Å². The zero-order chi connectivity index (χ0) is 7.72. The van der Waals surface area contributed by atoms with E-state index in [2.05, 4.69) is 20.9 Å². The van der Waals surface area contributed by atoms with Gasteiger partial charge in [0.1, 0.15) is 4.60 Å². The predicted octanol–water partition coefficient (Wildman–Crippen LogP) is 2.17. The van der Waals surface area contributed by atoms with Gasteiger partial charge in [-0.1, -0.05) is 0 Å². The fourth-order valence-electron chi connectivity index (χ4n) is 0.457. The minimum atomic E-state index is -0.479.